The molecule has 1 aromatic carbocycles. The van der Waals surface area contributed by atoms with Gasteiger partial charge in [0.1, 0.15) is 0 Å². The number of nitrogens with zero attached hydrogens (tertiary/aromatic N) is 3. The monoisotopic (exact) mass is 455 g/mol. The Balaban J connectivity index is 0.00000312. The number of rotatable bonds is 9. The molecule has 0 bridgehead atoms. The summed E-state index contributed by atoms with van der Waals surface area (Å²) in [6, 6.07) is 8.55. The second-order valence-electron chi connectivity index (χ2n) is 6.01. The minimum Gasteiger partial charge on any atom is -0.356 e. The SMILES string of the molecule is CCCCNC(=NCc1ccc(C)cc1)NCCCn1ccnc1.I. The Kier molecular flexibility index (Phi) is 10.9. The van der Waals surface area contributed by atoms with E-state index in [-0.39, 0.29) is 24.0 Å². The summed E-state index contributed by atoms with van der Waals surface area (Å²) in [7, 11) is 0. The largest absolute Gasteiger partial charge is 0.356 e. The van der Waals surface area contributed by atoms with E-state index >= 15 is 0 Å². The summed E-state index contributed by atoms with van der Waals surface area (Å²) in [5.41, 5.74) is 2.51. The first kappa shape index (κ1) is 21.5. The molecule has 1 heterocycles. The first-order chi connectivity index (χ1) is 11.8. The van der Waals surface area contributed by atoms with Crippen LogP contribution >= 0.6 is 24.0 Å². The van der Waals surface area contributed by atoms with Gasteiger partial charge in [0, 0.05) is 32.0 Å². The fraction of sp³-hybridized carbons (Fsp3) is 0.474. The Labute approximate surface area is 168 Å². The van der Waals surface area contributed by atoms with E-state index in [1.807, 2.05) is 18.7 Å². The predicted molar refractivity (Wildman–Crippen MR) is 115 cm³/mol. The topological polar surface area (TPSA) is 54.2 Å². The van der Waals surface area contributed by atoms with Gasteiger partial charge in [0.05, 0.1) is 12.9 Å². The van der Waals surface area contributed by atoms with Crippen LogP contribution in [0.1, 0.15) is 37.3 Å². The van der Waals surface area contributed by atoms with E-state index in [0.717, 1.165) is 38.4 Å². The number of aliphatic imine (C=N–C) groups is 1. The highest BCUT2D eigenvalue weighted by molar-refractivity contribution is 14.0. The third-order valence-corrected chi connectivity index (χ3v) is 3.81. The second kappa shape index (κ2) is 12.7. The predicted octanol–water partition coefficient (Wildman–Crippen LogP) is 3.74. The van der Waals surface area contributed by atoms with Gasteiger partial charge in [0.15, 0.2) is 5.96 Å². The van der Waals surface area contributed by atoms with E-state index in [4.69, 9.17) is 4.99 Å². The molecule has 6 heteroatoms. The molecule has 0 atom stereocenters. The lowest BCUT2D eigenvalue weighted by atomic mass is 10.1. The van der Waals surface area contributed by atoms with E-state index in [1.165, 1.54) is 17.5 Å². The third kappa shape index (κ3) is 8.90. The molecule has 0 aliphatic heterocycles. The number of benzene rings is 1. The first-order valence-corrected chi connectivity index (χ1v) is 8.81. The average molecular weight is 455 g/mol. The molecule has 0 saturated heterocycles. The lowest BCUT2D eigenvalue weighted by molar-refractivity contribution is 0.622. The van der Waals surface area contributed by atoms with Gasteiger partial charge in [-0.15, -0.1) is 24.0 Å². The third-order valence-electron chi connectivity index (χ3n) is 3.81. The van der Waals surface area contributed by atoms with Crippen LogP contribution in [0, 0.1) is 6.92 Å². The minimum atomic E-state index is 0. The number of unbranched alkanes of at least 4 members (excludes halogenated alkanes) is 1. The lowest BCUT2D eigenvalue weighted by Crippen LogP contribution is -2.38. The van der Waals surface area contributed by atoms with Crippen LogP contribution in [0.5, 0.6) is 0 Å². The molecular weight excluding hydrogens is 425 g/mol. The van der Waals surface area contributed by atoms with Crippen LogP contribution in [-0.2, 0) is 13.1 Å². The Hall–Kier alpha value is -1.57. The van der Waals surface area contributed by atoms with E-state index < -0.39 is 0 Å². The van der Waals surface area contributed by atoms with Crippen LogP contribution in [0.25, 0.3) is 0 Å². The molecule has 138 valence electrons. The molecular formula is C19H30IN5. The summed E-state index contributed by atoms with van der Waals surface area (Å²) in [4.78, 5) is 8.77. The van der Waals surface area contributed by atoms with Crippen molar-refractivity contribution in [3.05, 3.63) is 54.1 Å². The zero-order valence-electron chi connectivity index (χ0n) is 15.2. The zero-order valence-corrected chi connectivity index (χ0v) is 17.6. The molecule has 0 spiro atoms. The van der Waals surface area contributed by atoms with Crippen molar-refractivity contribution in [1.82, 2.24) is 20.2 Å². The normalized spacial score (nSPS) is 11.0. The van der Waals surface area contributed by atoms with Gasteiger partial charge in [-0.25, -0.2) is 9.98 Å². The van der Waals surface area contributed by atoms with Crippen LogP contribution in [0.3, 0.4) is 0 Å². The van der Waals surface area contributed by atoms with E-state index in [2.05, 4.69) is 58.3 Å². The molecule has 0 fully saturated rings. The maximum Gasteiger partial charge on any atom is 0.191 e. The van der Waals surface area contributed by atoms with Crippen molar-refractivity contribution in [1.29, 1.82) is 0 Å². The number of nitrogens with one attached hydrogen (secondary N) is 2. The summed E-state index contributed by atoms with van der Waals surface area (Å²) in [6.45, 7) is 7.81. The van der Waals surface area contributed by atoms with Crippen LogP contribution in [0.4, 0.5) is 0 Å². The van der Waals surface area contributed by atoms with Gasteiger partial charge < -0.3 is 15.2 Å². The molecule has 0 unspecified atom stereocenters. The lowest BCUT2D eigenvalue weighted by Gasteiger charge is -2.12. The van der Waals surface area contributed by atoms with Crippen molar-refractivity contribution in [2.24, 2.45) is 4.99 Å². The Morgan fingerprint density at radius 1 is 1.12 bits per heavy atom. The fourth-order valence-electron chi connectivity index (χ4n) is 2.31. The number of hydrogen-bond donors (Lipinski definition) is 2. The average Bonchev–Trinajstić information content (AvgIpc) is 3.11. The highest BCUT2D eigenvalue weighted by Gasteiger charge is 1.99. The maximum absolute atomic E-state index is 4.71. The van der Waals surface area contributed by atoms with Crippen LogP contribution < -0.4 is 10.6 Å². The van der Waals surface area contributed by atoms with Gasteiger partial charge in [0.2, 0.25) is 0 Å². The van der Waals surface area contributed by atoms with Gasteiger partial charge in [0.25, 0.3) is 0 Å². The number of aromatic nitrogens is 2. The number of imidazole rings is 1. The molecule has 0 saturated carbocycles. The van der Waals surface area contributed by atoms with Gasteiger partial charge in [-0.2, -0.15) is 0 Å². The molecule has 2 N–H and O–H groups in total. The molecule has 1 aromatic heterocycles. The van der Waals surface area contributed by atoms with E-state index in [1.54, 1.807) is 0 Å². The van der Waals surface area contributed by atoms with Crippen LogP contribution in [-0.4, -0.2) is 28.6 Å². The summed E-state index contributed by atoms with van der Waals surface area (Å²) in [5, 5.41) is 6.84. The standard InChI is InChI=1S/C19H29N5.HI/c1-3-4-10-21-19(22-11-5-13-24-14-12-20-16-24)23-15-18-8-6-17(2)7-9-18;/h6-9,12,14,16H,3-5,10-11,13,15H2,1-2H3,(H2,21,22,23);1H. The molecule has 25 heavy (non-hydrogen) atoms. The molecule has 5 nitrogen and oxygen atoms in total. The van der Waals surface area contributed by atoms with E-state index in [0.29, 0.717) is 6.54 Å². The Bertz CT molecular complexity index is 593. The van der Waals surface area contributed by atoms with Crippen molar-refractivity contribution < 1.29 is 0 Å². The molecule has 2 aromatic rings. The Morgan fingerprint density at radius 2 is 1.84 bits per heavy atom. The fourth-order valence-corrected chi connectivity index (χ4v) is 2.31. The number of aryl methyl sites for hydroxylation is 2. The molecule has 0 aliphatic carbocycles. The van der Waals surface area contributed by atoms with Gasteiger partial charge in [-0.1, -0.05) is 43.2 Å². The van der Waals surface area contributed by atoms with Gasteiger partial charge in [-0.05, 0) is 25.3 Å². The van der Waals surface area contributed by atoms with Crippen molar-refractivity contribution in [3.8, 4) is 0 Å². The highest BCUT2D eigenvalue weighted by atomic mass is 127. The molecule has 2 rings (SSSR count). The van der Waals surface area contributed by atoms with E-state index in [9.17, 15) is 0 Å². The van der Waals surface area contributed by atoms with Gasteiger partial charge >= 0.3 is 0 Å². The van der Waals surface area contributed by atoms with Crippen LogP contribution in [0.15, 0.2) is 48.0 Å². The number of halogens is 1. The van der Waals surface area contributed by atoms with Crippen molar-refractivity contribution in [2.45, 2.75) is 46.2 Å². The molecule has 0 aliphatic rings. The summed E-state index contributed by atoms with van der Waals surface area (Å²) < 4.78 is 2.09. The molecule has 0 amide bonds. The van der Waals surface area contributed by atoms with Crippen LogP contribution in [0.2, 0.25) is 0 Å². The summed E-state index contributed by atoms with van der Waals surface area (Å²) in [5.74, 6) is 0.898. The number of hydrogen-bond acceptors (Lipinski definition) is 2. The van der Waals surface area contributed by atoms with Gasteiger partial charge in [-0.3, -0.25) is 0 Å². The quantitative estimate of drug-likeness (QED) is 0.262. The first-order valence-electron chi connectivity index (χ1n) is 8.81. The zero-order chi connectivity index (χ0) is 17.0. The molecule has 0 radical (unpaired) electrons. The minimum absolute atomic E-state index is 0. The second-order valence-corrected chi connectivity index (χ2v) is 6.01. The summed E-state index contributed by atoms with van der Waals surface area (Å²) >= 11 is 0. The van der Waals surface area contributed by atoms with Crippen molar-refractivity contribution >= 4 is 29.9 Å². The van der Waals surface area contributed by atoms with Crippen molar-refractivity contribution in [3.63, 3.8) is 0 Å². The Morgan fingerprint density at radius 3 is 2.48 bits per heavy atom. The number of guanidine groups is 1. The van der Waals surface area contributed by atoms with Crippen molar-refractivity contribution in [2.75, 3.05) is 13.1 Å². The highest BCUT2D eigenvalue weighted by Crippen LogP contribution is 2.04. The smallest absolute Gasteiger partial charge is 0.191 e. The maximum atomic E-state index is 4.71. The summed E-state index contributed by atoms with van der Waals surface area (Å²) in [6.07, 6.45) is 9.03.